The number of hydrogen-bond donors (Lipinski definition) is 3. The van der Waals surface area contributed by atoms with Gasteiger partial charge in [-0.2, -0.15) is 0 Å². The molecular formula is C15H21N3O3. The van der Waals surface area contributed by atoms with Crippen LogP contribution in [0.2, 0.25) is 0 Å². The molecule has 114 valence electrons. The molecule has 2 amide bonds. The highest BCUT2D eigenvalue weighted by Gasteiger charge is 2.31. The number of amides is 2. The average Bonchev–Trinajstić information content (AvgIpc) is 3.29. The van der Waals surface area contributed by atoms with E-state index in [9.17, 15) is 9.59 Å². The molecule has 5 N–H and O–H groups in total. The topological polar surface area (TPSA) is 107 Å². The normalized spacial score (nSPS) is 15.3. The minimum Gasteiger partial charge on any atom is -0.493 e. The second-order valence-electron chi connectivity index (χ2n) is 5.24. The van der Waals surface area contributed by atoms with E-state index >= 15 is 0 Å². The van der Waals surface area contributed by atoms with Crippen LogP contribution in [0.25, 0.3) is 0 Å². The van der Waals surface area contributed by atoms with Gasteiger partial charge < -0.3 is 21.5 Å². The van der Waals surface area contributed by atoms with Crippen LogP contribution in [0.5, 0.6) is 5.75 Å². The summed E-state index contributed by atoms with van der Waals surface area (Å²) in [5.41, 5.74) is 11.2. The molecule has 0 heterocycles. The van der Waals surface area contributed by atoms with Gasteiger partial charge in [-0.3, -0.25) is 9.59 Å². The highest BCUT2D eigenvalue weighted by molar-refractivity contribution is 5.93. The summed E-state index contributed by atoms with van der Waals surface area (Å²) in [5.74, 6) is 0.487. The van der Waals surface area contributed by atoms with Crippen molar-refractivity contribution in [2.75, 3.05) is 13.2 Å². The molecule has 0 aliphatic heterocycles. The average molecular weight is 291 g/mol. The van der Waals surface area contributed by atoms with Crippen LogP contribution in [-0.2, 0) is 4.79 Å². The molecule has 1 aliphatic rings. The van der Waals surface area contributed by atoms with Crippen molar-refractivity contribution < 1.29 is 14.3 Å². The maximum atomic E-state index is 11.8. The van der Waals surface area contributed by atoms with Gasteiger partial charge in [0.2, 0.25) is 11.8 Å². The van der Waals surface area contributed by atoms with Gasteiger partial charge in [-0.25, -0.2) is 0 Å². The fourth-order valence-electron chi connectivity index (χ4n) is 2.15. The summed E-state index contributed by atoms with van der Waals surface area (Å²) in [6, 6.07) is 6.66. The van der Waals surface area contributed by atoms with E-state index in [0.717, 1.165) is 12.8 Å². The Labute approximate surface area is 123 Å². The summed E-state index contributed by atoms with van der Waals surface area (Å²) < 4.78 is 5.46. The molecule has 0 bridgehead atoms. The number of rotatable bonds is 8. The van der Waals surface area contributed by atoms with E-state index in [2.05, 4.69) is 5.32 Å². The van der Waals surface area contributed by atoms with Gasteiger partial charge in [0.15, 0.2) is 0 Å². The Balaban J connectivity index is 1.74. The van der Waals surface area contributed by atoms with Crippen LogP contribution in [-0.4, -0.2) is 31.0 Å². The van der Waals surface area contributed by atoms with Crippen molar-refractivity contribution in [1.29, 1.82) is 0 Å². The maximum absolute atomic E-state index is 11.8. The number of carbonyl (C=O) groups is 2. The van der Waals surface area contributed by atoms with Crippen molar-refractivity contribution in [3.63, 3.8) is 0 Å². The van der Waals surface area contributed by atoms with Crippen molar-refractivity contribution in [1.82, 2.24) is 5.32 Å². The first-order valence-corrected chi connectivity index (χ1v) is 7.12. The molecule has 1 aliphatic carbocycles. The predicted molar refractivity (Wildman–Crippen MR) is 78.8 cm³/mol. The Bertz CT molecular complexity index is 515. The maximum Gasteiger partial charge on any atom is 0.248 e. The van der Waals surface area contributed by atoms with E-state index in [0.29, 0.717) is 23.8 Å². The second kappa shape index (κ2) is 7.08. The van der Waals surface area contributed by atoms with Crippen LogP contribution >= 0.6 is 0 Å². The van der Waals surface area contributed by atoms with Crippen LogP contribution in [0.4, 0.5) is 0 Å². The summed E-state index contributed by atoms with van der Waals surface area (Å²) >= 11 is 0. The number of benzene rings is 1. The lowest BCUT2D eigenvalue weighted by Crippen LogP contribution is -2.42. The van der Waals surface area contributed by atoms with Gasteiger partial charge in [-0.05, 0) is 37.0 Å². The summed E-state index contributed by atoms with van der Waals surface area (Å²) in [4.78, 5) is 22.8. The van der Waals surface area contributed by atoms with Crippen LogP contribution in [0, 0.1) is 5.92 Å². The number of ether oxygens (including phenoxy) is 1. The Morgan fingerprint density at radius 3 is 2.76 bits per heavy atom. The summed E-state index contributed by atoms with van der Waals surface area (Å²) in [6.45, 7) is 0.716. The van der Waals surface area contributed by atoms with Crippen LogP contribution in [0.3, 0.4) is 0 Å². The van der Waals surface area contributed by atoms with Crippen molar-refractivity contribution in [3.8, 4) is 5.75 Å². The minimum absolute atomic E-state index is 0.0663. The molecule has 0 spiro atoms. The van der Waals surface area contributed by atoms with E-state index in [4.69, 9.17) is 16.2 Å². The molecule has 6 heteroatoms. The third-order valence-electron chi connectivity index (χ3n) is 3.51. The SMILES string of the molecule is NCC(NC(=O)CCOc1cccc(C(N)=O)c1)C1CC1. The van der Waals surface area contributed by atoms with Gasteiger partial charge in [-0.15, -0.1) is 0 Å². The Morgan fingerprint density at radius 1 is 1.38 bits per heavy atom. The predicted octanol–water partition coefficient (Wildman–Crippen LogP) is 0.408. The molecule has 1 aromatic carbocycles. The molecule has 0 saturated heterocycles. The van der Waals surface area contributed by atoms with E-state index in [1.54, 1.807) is 24.3 Å². The quantitative estimate of drug-likeness (QED) is 0.644. The molecule has 2 rings (SSSR count). The first kappa shape index (κ1) is 15.3. The molecule has 21 heavy (non-hydrogen) atoms. The van der Waals surface area contributed by atoms with E-state index in [-0.39, 0.29) is 25.0 Å². The van der Waals surface area contributed by atoms with Crippen LogP contribution in [0.15, 0.2) is 24.3 Å². The van der Waals surface area contributed by atoms with E-state index < -0.39 is 5.91 Å². The lowest BCUT2D eigenvalue weighted by molar-refractivity contribution is -0.122. The summed E-state index contributed by atoms with van der Waals surface area (Å²) in [7, 11) is 0. The van der Waals surface area contributed by atoms with Gasteiger partial charge in [0.1, 0.15) is 5.75 Å². The van der Waals surface area contributed by atoms with Crippen LogP contribution < -0.4 is 21.5 Å². The fourth-order valence-corrected chi connectivity index (χ4v) is 2.15. The van der Waals surface area contributed by atoms with Gasteiger partial charge in [0.05, 0.1) is 13.0 Å². The molecule has 1 aromatic rings. The van der Waals surface area contributed by atoms with Crippen molar-refractivity contribution in [2.45, 2.75) is 25.3 Å². The number of primary amides is 1. The number of carbonyl (C=O) groups excluding carboxylic acids is 2. The second-order valence-corrected chi connectivity index (χ2v) is 5.24. The Kier molecular flexibility index (Phi) is 5.16. The first-order chi connectivity index (χ1) is 10.1. The summed E-state index contributed by atoms with van der Waals surface area (Å²) in [5, 5.41) is 2.93. The van der Waals surface area contributed by atoms with E-state index in [1.165, 1.54) is 0 Å². The lowest BCUT2D eigenvalue weighted by Gasteiger charge is -2.16. The highest BCUT2D eigenvalue weighted by atomic mass is 16.5. The number of nitrogens with two attached hydrogens (primary N) is 2. The minimum atomic E-state index is -0.506. The Hall–Kier alpha value is -2.08. The molecule has 6 nitrogen and oxygen atoms in total. The molecule has 0 aromatic heterocycles. The zero-order chi connectivity index (χ0) is 15.2. The first-order valence-electron chi connectivity index (χ1n) is 7.12. The number of nitrogens with one attached hydrogen (secondary N) is 1. The molecule has 0 radical (unpaired) electrons. The van der Waals surface area contributed by atoms with Crippen molar-refractivity contribution >= 4 is 11.8 Å². The molecule has 1 atom stereocenters. The van der Waals surface area contributed by atoms with Crippen molar-refractivity contribution in [3.05, 3.63) is 29.8 Å². The molecular weight excluding hydrogens is 270 g/mol. The van der Waals surface area contributed by atoms with Gasteiger partial charge in [-0.1, -0.05) is 6.07 Å². The zero-order valence-corrected chi connectivity index (χ0v) is 11.9. The highest BCUT2D eigenvalue weighted by Crippen LogP contribution is 2.32. The van der Waals surface area contributed by atoms with E-state index in [1.807, 2.05) is 0 Å². The zero-order valence-electron chi connectivity index (χ0n) is 11.9. The number of hydrogen-bond acceptors (Lipinski definition) is 4. The third-order valence-corrected chi connectivity index (χ3v) is 3.51. The standard InChI is InChI=1S/C15H21N3O3/c16-9-13(10-4-5-10)18-14(19)6-7-21-12-3-1-2-11(8-12)15(17)20/h1-3,8,10,13H,4-7,9,16H2,(H2,17,20)(H,18,19). The van der Waals surface area contributed by atoms with Gasteiger partial charge in [0, 0.05) is 18.2 Å². The Morgan fingerprint density at radius 2 is 2.14 bits per heavy atom. The third kappa shape index (κ3) is 4.75. The molecule has 1 saturated carbocycles. The largest absolute Gasteiger partial charge is 0.493 e. The molecule has 1 fully saturated rings. The summed E-state index contributed by atoms with van der Waals surface area (Å²) in [6.07, 6.45) is 2.53. The van der Waals surface area contributed by atoms with Crippen molar-refractivity contribution in [2.24, 2.45) is 17.4 Å². The smallest absolute Gasteiger partial charge is 0.248 e. The van der Waals surface area contributed by atoms with Gasteiger partial charge >= 0.3 is 0 Å². The monoisotopic (exact) mass is 291 g/mol. The van der Waals surface area contributed by atoms with Gasteiger partial charge in [0.25, 0.3) is 0 Å². The fraction of sp³-hybridized carbons (Fsp3) is 0.467. The van der Waals surface area contributed by atoms with Crippen LogP contribution in [0.1, 0.15) is 29.6 Å². The molecule has 1 unspecified atom stereocenters. The lowest BCUT2D eigenvalue weighted by atomic mass is 10.2.